The number of aliphatic hydroxyl groups excluding tert-OH is 4. The molecule has 24 heavy (non-hydrogen) atoms. The number of rotatable bonds is 6. The molecule has 10 nitrogen and oxygen atoms in total. The van der Waals surface area contributed by atoms with E-state index in [2.05, 4.69) is 0 Å². The van der Waals surface area contributed by atoms with Gasteiger partial charge in [0.25, 0.3) is 0 Å². The largest absolute Gasteiger partial charge is 0.479 e. The van der Waals surface area contributed by atoms with Crippen molar-refractivity contribution in [2.75, 3.05) is 13.2 Å². The second-order valence-corrected chi connectivity index (χ2v) is 5.76. The molecule has 10 heteroatoms. The summed E-state index contributed by atoms with van der Waals surface area (Å²) in [6.45, 7) is 1.68. The topological polar surface area (TPSA) is 155 Å². The molecule has 0 aliphatic carbocycles. The molecule has 0 aromatic heterocycles. The Morgan fingerprint density at radius 3 is 2.38 bits per heavy atom. The molecule has 2 aliphatic rings. The van der Waals surface area contributed by atoms with Gasteiger partial charge in [0.05, 0.1) is 18.8 Å². The highest BCUT2D eigenvalue weighted by molar-refractivity contribution is 5.73. The van der Waals surface area contributed by atoms with E-state index in [1.54, 1.807) is 6.92 Å². The Labute approximate surface area is 138 Å². The van der Waals surface area contributed by atoms with Crippen molar-refractivity contribution in [1.29, 1.82) is 0 Å². The van der Waals surface area contributed by atoms with Crippen molar-refractivity contribution in [3.8, 4) is 0 Å². The lowest BCUT2D eigenvalue weighted by molar-refractivity contribution is -0.316. The number of carbonyl (C=O) groups is 1. The van der Waals surface area contributed by atoms with Crippen LogP contribution in [0.4, 0.5) is 0 Å². The van der Waals surface area contributed by atoms with Crippen molar-refractivity contribution in [2.24, 2.45) is 0 Å². The molecule has 0 bridgehead atoms. The Kier molecular flexibility index (Phi) is 6.89. The normalized spacial score (nSPS) is 43.5. The third-order valence-electron chi connectivity index (χ3n) is 4.03. The fraction of sp³-hybridized carbons (Fsp3) is 0.929. The highest BCUT2D eigenvalue weighted by Crippen LogP contribution is 2.28. The molecule has 2 heterocycles. The van der Waals surface area contributed by atoms with Crippen LogP contribution in [0.2, 0.25) is 0 Å². The number of ether oxygens (including phenoxy) is 4. The quantitative estimate of drug-likeness (QED) is 0.355. The van der Waals surface area contributed by atoms with E-state index in [-0.39, 0.29) is 12.8 Å². The second-order valence-electron chi connectivity index (χ2n) is 5.76. The van der Waals surface area contributed by atoms with Crippen LogP contribution < -0.4 is 0 Å². The van der Waals surface area contributed by atoms with Gasteiger partial charge in [-0.2, -0.15) is 0 Å². The smallest absolute Gasteiger partial charge is 0.335 e. The van der Waals surface area contributed by atoms with E-state index >= 15 is 0 Å². The number of hydrogen-bond donors (Lipinski definition) is 5. The van der Waals surface area contributed by atoms with Crippen LogP contribution in [0, 0.1) is 0 Å². The number of carboxylic acid groups (broad SMARTS) is 1. The van der Waals surface area contributed by atoms with E-state index < -0.39 is 61.8 Å². The molecule has 8 atom stereocenters. The van der Waals surface area contributed by atoms with Crippen LogP contribution in [0.25, 0.3) is 0 Å². The molecule has 2 fully saturated rings. The van der Waals surface area contributed by atoms with Gasteiger partial charge in [-0.15, -0.1) is 0 Å². The predicted molar refractivity (Wildman–Crippen MR) is 75.8 cm³/mol. The van der Waals surface area contributed by atoms with Crippen molar-refractivity contribution in [1.82, 2.24) is 0 Å². The molecule has 0 amide bonds. The molecule has 0 aromatic carbocycles. The molecular weight excluding hydrogens is 328 g/mol. The standard InChI is InChI=1S/C14H24O10/c1-2-21-9-4-7(17)12(8(5-15)22-9)23-10-3-6(16)11(18)13(24-10)14(19)20/h6-13,15-18H,2-5H2,1H3,(H,19,20)/t6?,7-,8?,9+,10?,11+,12+,13?/m1/s1. The Balaban J connectivity index is 2.01. The van der Waals surface area contributed by atoms with Crippen molar-refractivity contribution in [3.05, 3.63) is 0 Å². The van der Waals surface area contributed by atoms with Crippen molar-refractivity contribution < 1.29 is 49.3 Å². The minimum absolute atomic E-state index is 0.106. The summed E-state index contributed by atoms with van der Waals surface area (Å²) in [6, 6.07) is 0. The van der Waals surface area contributed by atoms with Gasteiger partial charge in [-0.25, -0.2) is 4.79 Å². The van der Waals surface area contributed by atoms with Crippen LogP contribution in [-0.2, 0) is 23.7 Å². The summed E-state index contributed by atoms with van der Waals surface area (Å²) < 4.78 is 21.4. The fourth-order valence-corrected chi connectivity index (χ4v) is 2.83. The SMILES string of the molecule is CCO[C@@H]1C[C@@H](O)[C@H](OC2CC(O)[C@H](O)C(C(=O)O)O2)C(CO)O1. The third kappa shape index (κ3) is 4.41. The van der Waals surface area contributed by atoms with Gasteiger partial charge in [0, 0.05) is 19.4 Å². The maximum Gasteiger partial charge on any atom is 0.335 e. The van der Waals surface area contributed by atoms with Gasteiger partial charge in [0.15, 0.2) is 18.7 Å². The van der Waals surface area contributed by atoms with Gasteiger partial charge in [0.2, 0.25) is 0 Å². The van der Waals surface area contributed by atoms with E-state index in [1.807, 2.05) is 0 Å². The number of carboxylic acids is 1. The van der Waals surface area contributed by atoms with Crippen LogP contribution in [0.3, 0.4) is 0 Å². The molecular formula is C14H24O10. The summed E-state index contributed by atoms with van der Waals surface area (Å²) in [5.41, 5.74) is 0. The maximum atomic E-state index is 11.1. The zero-order valence-corrected chi connectivity index (χ0v) is 13.2. The van der Waals surface area contributed by atoms with E-state index in [0.29, 0.717) is 6.61 Å². The molecule has 4 unspecified atom stereocenters. The van der Waals surface area contributed by atoms with Crippen LogP contribution >= 0.6 is 0 Å². The zero-order chi connectivity index (χ0) is 17.9. The maximum absolute atomic E-state index is 11.1. The number of aliphatic carboxylic acids is 1. The molecule has 0 radical (unpaired) electrons. The van der Waals surface area contributed by atoms with Crippen molar-refractivity contribution in [3.63, 3.8) is 0 Å². The van der Waals surface area contributed by atoms with Gasteiger partial charge >= 0.3 is 5.97 Å². The molecule has 5 N–H and O–H groups in total. The van der Waals surface area contributed by atoms with E-state index in [4.69, 9.17) is 24.1 Å². The van der Waals surface area contributed by atoms with Gasteiger partial charge < -0.3 is 44.5 Å². The number of hydrogen-bond acceptors (Lipinski definition) is 9. The van der Waals surface area contributed by atoms with Gasteiger partial charge in [0.1, 0.15) is 18.3 Å². The van der Waals surface area contributed by atoms with E-state index in [9.17, 15) is 25.2 Å². The number of aliphatic hydroxyl groups is 4. The van der Waals surface area contributed by atoms with Crippen molar-refractivity contribution >= 4 is 5.97 Å². The average molecular weight is 352 g/mol. The molecule has 2 aliphatic heterocycles. The summed E-state index contributed by atoms with van der Waals surface area (Å²) in [6.07, 6.45) is -9.45. The minimum Gasteiger partial charge on any atom is -0.479 e. The highest BCUT2D eigenvalue weighted by atomic mass is 16.7. The zero-order valence-electron chi connectivity index (χ0n) is 13.2. The Hall–Kier alpha value is -0.850. The first-order valence-electron chi connectivity index (χ1n) is 7.83. The average Bonchev–Trinajstić information content (AvgIpc) is 2.52. The lowest BCUT2D eigenvalue weighted by Gasteiger charge is -2.42. The Morgan fingerprint density at radius 1 is 1.12 bits per heavy atom. The van der Waals surface area contributed by atoms with Gasteiger partial charge in [-0.1, -0.05) is 0 Å². The summed E-state index contributed by atoms with van der Waals surface area (Å²) in [7, 11) is 0. The van der Waals surface area contributed by atoms with Gasteiger partial charge in [-0.3, -0.25) is 0 Å². The molecule has 0 aromatic rings. The lowest BCUT2D eigenvalue weighted by atomic mass is 9.99. The summed E-state index contributed by atoms with van der Waals surface area (Å²) in [5.74, 6) is -1.44. The van der Waals surface area contributed by atoms with Crippen LogP contribution in [0.5, 0.6) is 0 Å². The molecule has 0 saturated carbocycles. The monoisotopic (exact) mass is 352 g/mol. The van der Waals surface area contributed by atoms with E-state index in [0.717, 1.165) is 0 Å². The van der Waals surface area contributed by atoms with E-state index in [1.165, 1.54) is 0 Å². The molecule has 140 valence electrons. The first-order chi connectivity index (χ1) is 11.4. The highest BCUT2D eigenvalue weighted by Gasteiger charge is 2.45. The van der Waals surface area contributed by atoms with Crippen LogP contribution in [0.15, 0.2) is 0 Å². The first kappa shape index (κ1) is 19.5. The third-order valence-corrected chi connectivity index (χ3v) is 4.03. The molecule has 2 saturated heterocycles. The predicted octanol–water partition coefficient (Wildman–Crippen LogP) is -2.20. The first-order valence-corrected chi connectivity index (χ1v) is 7.83. The summed E-state index contributed by atoms with van der Waals surface area (Å²) in [4.78, 5) is 11.1. The molecule has 2 rings (SSSR count). The van der Waals surface area contributed by atoms with Crippen LogP contribution in [0.1, 0.15) is 19.8 Å². The minimum atomic E-state index is -1.65. The Morgan fingerprint density at radius 2 is 1.79 bits per heavy atom. The van der Waals surface area contributed by atoms with Crippen molar-refractivity contribution in [2.45, 2.75) is 69.0 Å². The van der Waals surface area contributed by atoms with Crippen LogP contribution in [-0.4, -0.2) is 93.9 Å². The van der Waals surface area contributed by atoms with Gasteiger partial charge in [-0.05, 0) is 6.92 Å². The second kappa shape index (κ2) is 8.50. The summed E-state index contributed by atoms with van der Waals surface area (Å²) in [5, 5.41) is 48.1. The fourth-order valence-electron chi connectivity index (χ4n) is 2.83. The lowest BCUT2D eigenvalue weighted by Crippen LogP contribution is -2.57. The summed E-state index contributed by atoms with van der Waals surface area (Å²) >= 11 is 0. The Bertz CT molecular complexity index is 418. The molecule has 0 spiro atoms.